The Hall–Kier alpha value is -0.390. The monoisotopic (exact) mass is 359 g/mol. The Morgan fingerprint density at radius 1 is 1.40 bits per heavy atom. The summed E-state index contributed by atoms with van der Waals surface area (Å²) in [5.74, 6) is 2.79. The zero-order valence-electron chi connectivity index (χ0n) is 12.7. The number of halogens is 1. The lowest BCUT2D eigenvalue weighted by molar-refractivity contribution is 0.369. The topological polar surface area (TPSA) is 30.5 Å². The third-order valence-electron chi connectivity index (χ3n) is 3.75. The Kier molecular flexibility index (Phi) is 4.92. The molecule has 1 aliphatic heterocycles. The summed E-state index contributed by atoms with van der Waals surface area (Å²) in [5.41, 5.74) is 2.46. The lowest BCUT2D eigenvalue weighted by atomic mass is 9.89. The van der Waals surface area contributed by atoms with Gasteiger partial charge in [-0.1, -0.05) is 6.92 Å². The van der Waals surface area contributed by atoms with Gasteiger partial charge in [0.1, 0.15) is 11.5 Å². The molecule has 0 bridgehead atoms. The second-order valence-electron chi connectivity index (χ2n) is 5.37. The van der Waals surface area contributed by atoms with Crippen LogP contribution in [0.25, 0.3) is 0 Å². The lowest BCUT2D eigenvalue weighted by Crippen LogP contribution is -2.40. The standard InChI is InChI=1S/C15H22BrNO2S/c1-6-17-14-12-9(8-20-15(14,2)3)11(18-4)7-10(16)13(12)19-5/h7,14,17H,6,8H2,1-5H3. The van der Waals surface area contributed by atoms with Crippen LogP contribution in [0.1, 0.15) is 37.9 Å². The van der Waals surface area contributed by atoms with Crippen molar-refractivity contribution in [2.24, 2.45) is 0 Å². The number of methoxy groups -OCH3 is 2. The number of hydrogen-bond donors (Lipinski definition) is 1. The van der Waals surface area contributed by atoms with Crippen molar-refractivity contribution in [3.8, 4) is 11.5 Å². The fourth-order valence-corrected chi connectivity index (χ4v) is 4.52. The van der Waals surface area contributed by atoms with E-state index in [4.69, 9.17) is 9.47 Å². The second kappa shape index (κ2) is 6.16. The fourth-order valence-electron chi connectivity index (χ4n) is 2.75. The number of benzene rings is 1. The molecular formula is C15H22BrNO2S. The van der Waals surface area contributed by atoms with Crippen LogP contribution in [0.2, 0.25) is 0 Å². The quantitative estimate of drug-likeness (QED) is 0.874. The van der Waals surface area contributed by atoms with Gasteiger partial charge in [-0.3, -0.25) is 0 Å². The first-order chi connectivity index (χ1) is 9.46. The van der Waals surface area contributed by atoms with Gasteiger partial charge in [0.25, 0.3) is 0 Å². The molecule has 0 aliphatic carbocycles. The second-order valence-corrected chi connectivity index (χ2v) is 7.85. The first-order valence-electron chi connectivity index (χ1n) is 6.76. The number of rotatable bonds is 4. The molecule has 0 fully saturated rings. The van der Waals surface area contributed by atoms with E-state index in [0.29, 0.717) is 0 Å². The van der Waals surface area contributed by atoms with Crippen molar-refractivity contribution in [1.82, 2.24) is 5.32 Å². The molecule has 0 radical (unpaired) electrons. The normalized spacial score (nSPS) is 20.4. The molecule has 1 aromatic carbocycles. The van der Waals surface area contributed by atoms with E-state index in [2.05, 4.69) is 42.0 Å². The largest absolute Gasteiger partial charge is 0.496 e. The van der Waals surface area contributed by atoms with Gasteiger partial charge in [-0.05, 0) is 42.4 Å². The Balaban J connectivity index is 2.68. The maximum Gasteiger partial charge on any atom is 0.138 e. The molecule has 1 aliphatic rings. The zero-order chi connectivity index (χ0) is 14.9. The predicted molar refractivity (Wildman–Crippen MR) is 89.0 cm³/mol. The van der Waals surface area contributed by atoms with Gasteiger partial charge in [0.05, 0.1) is 24.7 Å². The molecule has 1 aromatic rings. The fraction of sp³-hybridized carbons (Fsp3) is 0.600. The minimum Gasteiger partial charge on any atom is -0.496 e. The Morgan fingerprint density at radius 3 is 2.65 bits per heavy atom. The molecule has 0 saturated carbocycles. The van der Waals surface area contributed by atoms with Crippen LogP contribution in [0.3, 0.4) is 0 Å². The molecule has 0 aromatic heterocycles. The molecule has 0 amide bonds. The van der Waals surface area contributed by atoms with Crippen LogP contribution in [0.5, 0.6) is 11.5 Å². The first-order valence-corrected chi connectivity index (χ1v) is 8.54. The maximum absolute atomic E-state index is 5.66. The summed E-state index contributed by atoms with van der Waals surface area (Å²) in [6.07, 6.45) is 0. The van der Waals surface area contributed by atoms with Gasteiger partial charge in [0.15, 0.2) is 0 Å². The minimum absolute atomic E-state index is 0.113. The number of fused-ring (bicyclic) bond motifs is 1. The van der Waals surface area contributed by atoms with Crippen molar-refractivity contribution in [2.45, 2.75) is 37.3 Å². The highest BCUT2D eigenvalue weighted by atomic mass is 79.9. The molecular weight excluding hydrogens is 338 g/mol. The summed E-state index contributed by atoms with van der Waals surface area (Å²) in [5, 5.41) is 3.61. The van der Waals surface area contributed by atoms with E-state index >= 15 is 0 Å². The molecule has 5 heteroatoms. The number of nitrogens with one attached hydrogen (secondary N) is 1. The molecule has 1 heterocycles. The van der Waals surface area contributed by atoms with Gasteiger partial charge in [-0.2, -0.15) is 0 Å². The van der Waals surface area contributed by atoms with Crippen molar-refractivity contribution >= 4 is 27.7 Å². The highest BCUT2D eigenvalue weighted by molar-refractivity contribution is 9.10. The minimum atomic E-state index is 0.113. The molecule has 1 unspecified atom stereocenters. The average molecular weight is 360 g/mol. The Bertz CT molecular complexity index is 505. The molecule has 112 valence electrons. The van der Waals surface area contributed by atoms with E-state index < -0.39 is 0 Å². The molecule has 0 spiro atoms. The molecule has 3 nitrogen and oxygen atoms in total. The van der Waals surface area contributed by atoms with Gasteiger partial charge in [-0.25, -0.2) is 0 Å². The summed E-state index contributed by atoms with van der Waals surface area (Å²) < 4.78 is 12.3. The van der Waals surface area contributed by atoms with Gasteiger partial charge < -0.3 is 14.8 Å². The van der Waals surface area contributed by atoms with Crippen LogP contribution in [0, 0.1) is 0 Å². The number of hydrogen-bond acceptors (Lipinski definition) is 4. The summed E-state index contributed by atoms with van der Waals surface area (Å²) in [6.45, 7) is 7.62. The smallest absolute Gasteiger partial charge is 0.138 e. The van der Waals surface area contributed by atoms with E-state index in [-0.39, 0.29) is 10.8 Å². The lowest BCUT2D eigenvalue weighted by Gasteiger charge is -2.41. The van der Waals surface area contributed by atoms with Gasteiger partial charge in [0, 0.05) is 21.6 Å². The van der Waals surface area contributed by atoms with Gasteiger partial charge in [0.2, 0.25) is 0 Å². The summed E-state index contributed by atoms with van der Waals surface area (Å²) in [6, 6.07) is 2.24. The number of ether oxygens (including phenoxy) is 2. The number of thioether (sulfide) groups is 1. The van der Waals surface area contributed by atoms with Crippen molar-refractivity contribution in [3.63, 3.8) is 0 Å². The molecule has 20 heavy (non-hydrogen) atoms. The molecule has 1 N–H and O–H groups in total. The highest BCUT2D eigenvalue weighted by Gasteiger charge is 2.40. The van der Waals surface area contributed by atoms with Crippen LogP contribution < -0.4 is 14.8 Å². The molecule has 2 rings (SSSR count). The Labute approximate surface area is 133 Å². The van der Waals surface area contributed by atoms with E-state index in [9.17, 15) is 0 Å². The van der Waals surface area contributed by atoms with E-state index in [0.717, 1.165) is 28.3 Å². The van der Waals surface area contributed by atoms with Crippen LogP contribution in [0.4, 0.5) is 0 Å². The van der Waals surface area contributed by atoms with E-state index in [1.807, 2.05) is 17.8 Å². The van der Waals surface area contributed by atoms with Crippen LogP contribution in [-0.2, 0) is 5.75 Å². The first kappa shape index (κ1) is 16.0. The summed E-state index contributed by atoms with van der Waals surface area (Å²) >= 11 is 5.56. The van der Waals surface area contributed by atoms with Crippen molar-refractivity contribution < 1.29 is 9.47 Å². The van der Waals surface area contributed by atoms with Crippen LogP contribution in [-0.4, -0.2) is 25.5 Å². The molecule has 0 saturated heterocycles. The summed E-state index contributed by atoms with van der Waals surface area (Å²) in [7, 11) is 3.45. The van der Waals surface area contributed by atoms with E-state index in [1.165, 1.54) is 11.1 Å². The van der Waals surface area contributed by atoms with E-state index in [1.54, 1.807) is 14.2 Å². The summed E-state index contributed by atoms with van der Waals surface area (Å²) in [4.78, 5) is 0. The zero-order valence-corrected chi connectivity index (χ0v) is 15.1. The third-order valence-corrected chi connectivity index (χ3v) is 5.75. The highest BCUT2D eigenvalue weighted by Crippen LogP contribution is 2.53. The Morgan fingerprint density at radius 2 is 2.10 bits per heavy atom. The molecule has 1 atom stereocenters. The predicted octanol–water partition coefficient (Wildman–Crippen LogP) is 4.14. The van der Waals surface area contributed by atoms with Crippen LogP contribution >= 0.6 is 27.7 Å². The van der Waals surface area contributed by atoms with Gasteiger partial charge >= 0.3 is 0 Å². The van der Waals surface area contributed by atoms with Crippen LogP contribution in [0.15, 0.2) is 10.5 Å². The average Bonchev–Trinajstić information content (AvgIpc) is 2.41. The SMILES string of the molecule is CCNC1c2c(c(OC)cc(Br)c2OC)CSC1(C)C. The van der Waals surface area contributed by atoms with Crippen molar-refractivity contribution in [3.05, 3.63) is 21.7 Å². The van der Waals surface area contributed by atoms with Gasteiger partial charge in [-0.15, -0.1) is 11.8 Å². The van der Waals surface area contributed by atoms with Crippen molar-refractivity contribution in [1.29, 1.82) is 0 Å². The van der Waals surface area contributed by atoms with Crippen molar-refractivity contribution in [2.75, 3.05) is 20.8 Å². The third kappa shape index (κ3) is 2.68. The maximum atomic E-state index is 5.66.